The highest BCUT2D eigenvalue weighted by atomic mass is 15.0. The summed E-state index contributed by atoms with van der Waals surface area (Å²) in [5.41, 5.74) is 7.03. The molecule has 0 aliphatic heterocycles. The lowest BCUT2D eigenvalue weighted by atomic mass is 10.2. The van der Waals surface area contributed by atoms with Crippen LogP contribution in [-0.4, -0.2) is 16.3 Å². The number of rotatable bonds is 1. The van der Waals surface area contributed by atoms with Crippen molar-refractivity contribution in [3.63, 3.8) is 0 Å². The van der Waals surface area contributed by atoms with Crippen molar-refractivity contribution in [2.45, 2.75) is 13.8 Å². The summed E-state index contributed by atoms with van der Waals surface area (Å²) in [6, 6.07) is 0. The van der Waals surface area contributed by atoms with Crippen molar-refractivity contribution in [2.24, 2.45) is 10.7 Å². The van der Waals surface area contributed by atoms with Gasteiger partial charge in [-0.2, -0.15) is 0 Å². The molecule has 4 nitrogen and oxygen atoms in total. The minimum atomic E-state index is 0.639. The minimum absolute atomic E-state index is 0.639. The molecular weight excluding hydrogens is 140 g/mol. The zero-order valence-corrected chi connectivity index (χ0v) is 6.57. The molecule has 1 rings (SSSR count). The number of aryl methyl sites for hydroxylation is 1. The molecule has 2 N–H and O–H groups in total. The first kappa shape index (κ1) is 7.65. The van der Waals surface area contributed by atoms with Crippen LogP contribution < -0.4 is 5.73 Å². The van der Waals surface area contributed by atoms with E-state index in [-0.39, 0.29) is 0 Å². The van der Waals surface area contributed by atoms with E-state index in [1.165, 1.54) is 12.7 Å². The summed E-state index contributed by atoms with van der Waals surface area (Å²) >= 11 is 0. The van der Waals surface area contributed by atoms with Gasteiger partial charge in [0.05, 0.1) is 6.34 Å². The van der Waals surface area contributed by atoms with Crippen molar-refractivity contribution in [1.29, 1.82) is 0 Å². The third-order valence-corrected chi connectivity index (χ3v) is 1.51. The molecule has 0 saturated carbocycles. The summed E-state index contributed by atoms with van der Waals surface area (Å²) in [4.78, 5) is 11.8. The van der Waals surface area contributed by atoms with Gasteiger partial charge >= 0.3 is 0 Å². The third kappa shape index (κ3) is 1.52. The van der Waals surface area contributed by atoms with Crippen molar-refractivity contribution in [2.75, 3.05) is 0 Å². The van der Waals surface area contributed by atoms with Crippen molar-refractivity contribution < 1.29 is 0 Å². The van der Waals surface area contributed by atoms with E-state index in [1.807, 2.05) is 13.8 Å². The number of nitrogens with two attached hydrogens (primary N) is 1. The standard InChI is InChI=1S/C7H10N4/c1-5-6(2)10-4-11-7(5)9-3-8/h3-4H,1-2H3,(H2,8,9,10,11). The summed E-state index contributed by atoms with van der Waals surface area (Å²) in [5.74, 6) is 0.639. The van der Waals surface area contributed by atoms with Gasteiger partial charge in [-0.05, 0) is 13.8 Å². The van der Waals surface area contributed by atoms with Gasteiger partial charge in [-0.25, -0.2) is 15.0 Å². The fourth-order valence-corrected chi connectivity index (χ4v) is 0.726. The van der Waals surface area contributed by atoms with E-state index in [4.69, 9.17) is 5.73 Å². The molecule has 0 spiro atoms. The molecule has 0 fully saturated rings. The molecule has 58 valence electrons. The maximum atomic E-state index is 5.13. The third-order valence-electron chi connectivity index (χ3n) is 1.51. The molecule has 1 heterocycles. The molecular formula is C7H10N4. The Bertz CT molecular complexity index is 280. The molecule has 0 aliphatic rings. The summed E-state index contributed by atoms with van der Waals surface area (Å²) < 4.78 is 0. The number of hydrogen-bond acceptors (Lipinski definition) is 3. The Morgan fingerprint density at radius 2 is 2.18 bits per heavy atom. The van der Waals surface area contributed by atoms with E-state index in [0.717, 1.165) is 11.3 Å². The zero-order valence-electron chi connectivity index (χ0n) is 6.57. The smallest absolute Gasteiger partial charge is 0.160 e. The second kappa shape index (κ2) is 3.09. The minimum Gasteiger partial charge on any atom is -0.390 e. The van der Waals surface area contributed by atoms with Gasteiger partial charge in [0.2, 0.25) is 0 Å². The predicted octanol–water partition coefficient (Wildman–Crippen LogP) is 0.712. The number of hydrogen-bond donors (Lipinski definition) is 1. The lowest BCUT2D eigenvalue weighted by Gasteiger charge is -1.99. The van der Waals surface area contributed by atoms with Gasteiger partial charge < -0.3 is 5.73 Å². The lowest BCUT2D eigenvalue weighted by Crippen LogP contribution is -1.92. The zero-order chi connectivity index (χ0) is 8.27. The Hall–Kier alpha value is -1.45. The summed E-state index contributed by atoms with van der Waals surface area (Å²) in [6.45, 7) is 3.82. The van der Waals surface area contributed by atoms with Crippen LogP contribution in [0.5, 0.6) is 0 Å². The molecule has 0 atom stereocenters. The van der Waals surface area contributed by atoms with E-state index < -0.39 is 0 Å². The molecule has 0 aliphatic carbocycles. The molecule has 0 saturated heterocycles. The van der Waals surface area contributed by atoms with E-state index >= 15 is 0 Å². The van der Waals surface area contributed by atoms with Crippen LogP contribution in [0.2, 0.25) is 0 Å². The van der Waals surface area contributed by atoms with Gasteiger partial charge in [-0.15, -0.1) is 0 Å². The van der Waals surface area contributed by atoms with Crippen LogP contribution in [0.4, 0.5) is 5.82 Å². The Balaban J connectivity index is 3.16. The second-order valence-electron chi connectivity index (χ2n) is 2.19. The Morgan fingerprint density at radius 1 is 1.45 bits per heavy atom. The van der Waals surface area contributed by atoms with E-state index in [1.54, 1.807) is 0 Å². The molecule has 0 unspecified atom stereocenters. The van der Waals surface area contributed by atoms with Crippen LogP contribution in [0.1, 0.15) is 11.3 Å². The van der Waals surface area contributed by atoms with Gasteiger partial charge in [0.25, 0.3) is 0 Å². The second-order valence-corrected chi connectivity index (χ2v) is 2.19. The SMILES string of the molecule is Cc1ncnc(N=CN)c1C. The average Bonchev–Trinajstić information content (AvgIpc) is 1.99. The first-order chi connectivity index (χ1) is 5.25. The summed E-state index contributed by atoms with van der Waals surface area (Å²) in [7, 11) is 0. The van der Waals surface area contributed by atoms with Crippen LogP contribution in [0.15, 0.2) is 11.3 Å². The van der Waals surface area contributed by atoms with Crippen LogP contribution in [0.25, 0.3) is 0 Å². The van der Waals surface area contributed by atoms with Crippen molar-refractivity contribution in [1.82, 2.24) is 9.97 Å². The van der Waals surface area contributed by atoms with Crippen molar-refractivity contribution >= 4 is 12.2 Å². The van der Waals surface area contributed by atoms with Gasteiger partial charge in [-0.1, -0.05) is 0 Å². The van der Waals surface area contributed by atoms with E-state index in [2.05, 4.69) is 15.0 Å². The Morgan fingerprint density at radius 3 is 2.82 bits per heavy atom. The van der Waals surface area contributed by atoms with Gasteiger partial charge in [-0.3, -0.25) is 0 Å². The molecule has 11 heavy (non-hydrogen) atoms. The van der Waals surface area contributed by atoms with Gasteiger partial charge in [0.1, 0.15) is 6.33 Å². The highest BCUT2D eigenvalue weighted by molar-refractivity contribution is 5.58. The van der Waals surface area contributed by atoms with Crippen molar-refractivity contribution in [3.8, 4) is 0 Å². The molecule has 1 aromatic heterocycles. The largest absolute Gasteiger partial charge is 0.390 e. The number of aliphatic imine (C=N–C) groups is 1. The number of nitrogens with zero attached hydrogens (tertiary/aromatic N) is 3. The Labute approximate surface area is 65.2 Å². The fraction of sp³-hybridized carbons (Fsp3) is 0.286. The molecule has 0 radical (unpaired) electrons. The Kier molecular flexibility index (Phi) is 2.15. The quantitative estimate of drug-likeness (QED) is 0.473. The molecule has 0 aromatic carbocycles. The monoisotopic (exact) mass is 150 g/mol. The fourth-order valence-electron chi connectivity index (χ4n) is 0.726. The van der Waals surface area contributed by atoms with Crippen LogP contribution in [0, 0.1) is 13.8 Å². The van der Waals surface area contributed by atoms with Gasteiger partial charge in [0, 0.05) is 11.3 Å². The first-order valence-corrected chi connectivity index (χ1v) is 3.28. The topological polar surface area (TPSA) is 64.2 Å². The molecule has 4 heteroatoms. The normalized spacial score (nSPS) is 10.7. The van der Waals surface area contributed by atoms with Crippen LogP contribution in [-0.2, 0) is 0 Å². The van der Waals surface area contributed by atoms with E-state index in [9.17, 15) is 0 Å². The lowest BCUT2D eigenvalue weighted by molar-refractivity contribution is 1.05. The first-order valence-electron chi connectivity index (χ1n) is 3.28. The highest BCUT2D eigenvalue weighted by Crippen LogP contribution is 2.14. The maximum Gasteiger partial charge on any atom is 0.160 e. The molecule has 1 aromatic rings. The van der Waals surface area contributed by atoms with Crippen LogP contribution >= 0.6 is 0 Å². The molecule has 0 bridgehead atoms. The highest BCUT2D eigenvalue weighted by Gasteiger charge is 1.99. The van der Waals surface area contributed by atoms with E-state index in [0.29, 0.717) is 5.82 Å². The number of aromatic nitrogens is 2. The van der Waals surface area contributed by atoms with Crippen molar-refractivity contribution in [3.05, 3.63) is 17.6 Å². The summed E-state index contributed by atoms with van der Waals surface area (Å²) in [5, 5.41) is 0. The predicted molar refractivity (Wildman–Crippen MR) is 43.8 cm³/mol. The average molecular weight is 150 g/mol. The maximum absolute atomic E-state index is 5.13. The van der Waals surface area contributed by atoms with Crippen LogP contribution in [0.3, 0.4) is 0 Å². The molecule has 0 amide bonds. The van der Waals surface area contributed by atoms with Gasteiger partial charge in [0.15, 0.2) is 5.82 Å². The summed E-state index contributed by atoms with van der Waals surface area (Å²) in [6.07, 6.45) is 2.71.